The first-order valence-corrected chi connectivity index (χ1v) is 7.42. The Morgan fingerprint density at radius 1 is 1.25 bits per heavy atom. The van der Waals surface area contributed by atoms with E-state index in [0.29, 0.717) is 18.3 Å². The molecule has 1 fully saturated rings. The fraction of sp³-hybridized carbons (Fsp3) is 0.500. The summed E-state index contributed by atoms with van der Waals surface area (Å²) < 4.78 is 0. The topological polar surface area (TPSA) is 62.8 Å². The zero-order valence-corrected chi connectivity index (χ0v) is 12.2. The van der Waals surface area contributed by atoms with Gasteiger partial charge in [0, 0.05) is 12.8 Å². The summed E-state index contributed by atoms with van der Waals surface area (Å²) in [6, 6.07) is 10.6. The minimum atomic E-state index is 0.402. The van der Waals surface area contributed by atoms with Crippen LogP contribution < -0.4 is 11.1 Å². The summed E-state index contributed by atoms with van der Waals surface area (Å²) in [6.07, 6.45) is 3.71. The monoisotopic (exact) mass is 272 g/mol. The van der Waals surface area contributed by atoms with Crippen LogP contribution in [0.4, 0.5) is 0 Å². The van der Waals surface area contributed by atoms with Gasteiger partial charge in [0.15, 0.2) is 0 Å². The maximum Gasteiger partial charge on any atom is 0.125 e. The number of nitrogens with one attached hydrogen (secondary N) is 1. The first-order valence-electron chi connectivity index (χ1n) is 7.42. The van der Waals surface area contributed by atoms with Crippen molar-refractivity contribution in [1.82, 2.24) is 5.32 Å². The fourth-order valence-electron chi connectivity index (χ4n) is 2.36. The second-order valence-corrected chi connectivity index (χ2v) is 5.15. The van der Waals surface area contributed by atoms with E-state index in [2.05, 4.69) is 29.4 Å². The van der Waals surface area contributed by atoms with Gasteiger partial charge >= 0.3 is 0 Å². The lowest BCUT2D eigenvalue weighted by Gasteiger charge is -2.19. The van der Waals surface area contributed by atoms with Gasteiger partial charge in [0.2, 0.25) is 0 Å². The molecule has 1 aliphatic rings. The lowest BCUT2D eigenvalue weighted by molar-refractivity contribution is 0.459. The molecule has 2 rings (SSSR count). The molecule has 1 aliphatic heterocycles. The largest absolute Gasteiger partial charge is 0.387 e. The van der Waals surface area contributed by atoms with Crippen molar-refractivity contribution in [3.05, 3.63) is 35.9 Å². The molecule has 1 heterocycles. The highest BCUT2D eigenvalue weighted by atomic mass is 15.0. The highest BCUT2D eigenvalue weighted by molar-refractivity contribution is 5.97. The number of hydrogen-bond donors (Lipinski definition) is 2. The molecular formula is C16H24N4. The quantitative estimate of drug-likeness (QED) is 0.651. The van der Waals surface area contributed by atoms with Gasteiger partial charge in [0.05, 0.1) is 6.04 Å². The van der Waals surface area contributed by atoms with Gasteiger partial charge in [-0.05, 0) is 31.5 Å². The van der Waals surface area contributed by atoms with Gasteiger partial charge < -0.3 is 11.1 Å². The molecule has 0 amide bonds. The van der Waals surface area contributed by atoms with E-state index < -0.39 is 0 Å². The molecule has 0 aromatic heterocycles. The lowest BCUT2D eigenvalue weighted by Crippen LogP contribution is -2.30. The predicted octanol–water partition coefficient (Wildman–Crippen LogP) is 2.15. The number of nitrogens with two attached hydrogens (primary N) is 1. The number of benzene rings is 1. The smallest absolute Gasteiger partial charge is 0.125 e. The molecule has 0 unspecified atom stereocenters. The van der Waals surface area contributed by atoms with Crippen LogP contribution in [0.1, 0.15) is 31.7 Å². The first-order chi connectivity index (χ1) is 9.78. The molecule has 4 heteroatoms. The average Bonchev–Trinajstić information content (AvgIpc) is 2.48. The number of aliphatic imine (C=N–C) groups is 2. The van der Waals surface area contributed by atoms with Crippen LogP contribution in [0, 0.1) is 0 Å². The summed E-state index contributed by atoms with van der Waals surface area (Å²) in [5.41, 5.74) is 7.23. The second-order valence-electron chi connectivity index (χ2n) is 5.15. The van der Waals surface area contributed by atoms with Crippen molar-refractivity contribution in [3.63, 3.8) is 0 Å². The van der Waals surface area contributed by atoms with Crippen LogP contribution in [0.5, 0.6) is 0 Å². The van der Waals surface area contributed by atoms with Crippen molar-refractivity contribution >= 4 is 11.7 Å². The van der Waals surface area contributed by atoms with Crippen LogP contribution in [0.3, 0.4) is 0 Å². The van der Waals surface area contributed by atoms with E-state index in [1.165, 1.54) is 5.56 Å². The summed E-state index contributed by atoms with van der Waals surface area (Å²) in [6.45, 7) is 4.18. The Balaban J connectivity index is 1.99. The number of rotatable bonds is 4. The van der Waals surface area contributed by atoms with Crippen LogP contribution in [0.2, 0.25) is 0 Å². The summed E-state index contributed by atoms with van der Waals surface area (Å²) >= 11 is 0. The van der Waals surface area contributed by atoms with Crippen LogP contribution in [0.15, 0.2) is 40.3 Å². The third-order valence-corrected chi connectivity index (χ3v) is 3.46. The van der Waals surface area contributed by atoms with E-state index >= 15 is 0 Å². The van der Waals surface area contributed by atoms with Crippen molar-refractivity contribution in [3.8, 4) is 0 Å². The van der Waals surface area contributed by atoms with Crippen molar-refractivity contribution in [2.45, 2.75) is 38.6 Å². The van der Waals surface area contributed by atoms with Crippen molar-refractivity contribution in [2.75, 3.05) is 13.1 Å². The standard InChI is InChI=1S/C16H24N4/c1-2-16(19-14-8-10-18-11-9-14)20-15(17)12-13-6-4-3-5-7-13/h3-7,14,18H,2,8-12H2,1H3,(H2,17,19,20). The van der Waals surface area contributed by atoms with E-state index in [1.807, 2.05) is 18.2 Å². The van der Waals surface area contributed by atoms with Gasteiger partial charge in [-0.25, -0.2) is 4.99 Å². The zero-order chi connectivity index (χ0) is 14.2. The number of hydrogen-bond acceptors (Lipinski definition) is 2. The molecule has 3 N–H and O–H groups in total. The van der Waals surface area contributed by atoms with Crippen LogP contribution in [-0.4, -0.2) is 30.8 Å². The fourth-order valence-corrected chi connectivity index (χ4v) is 2.36. The molecule has 0 atom stereocenters. The van der Waals surface area contributed by atoms with Gasteiger partial charge in [0.1, 0.15) is 11.7 Å². The molecule has 1 aromatic carbocycles. The summed E-state index contributed by atoms with van der Waals surface area (Å²) in [5, 5.41) is 3.35. The Labute approximate surface area is 121 Å². The molecule has 0 radical (unpaired) electrons. The minimum Gasteiger partial charge on any atom is -0.387 e. The van der Waals surface area contributed by atoms with Gasteiger partial charge in [0.25, 0.3) is 0 Å². The van der Waals surface area contributed by atoms with E-state index in [4.69, 9.17) is 10.7 Å². The lowest BCUT2D eigenvalue weighted by atomic mass is 10.1. The number of nitrogens with zero attached hydrogens (tertiary/aromatic N) is 2. The maximum absolute atomic E-state index is 6.04. The molecule has 0 bridgehead atoms. The Hall–Kier alpha value is -1.68. The molecule has 20 heavy (non-hydrogen) atoms. The molecule has 108 valence electrons. The SMILES string of the molecule is CCC(N=C(N)Cc1ccccc1)=NC1CCNCC1. The highest BCUT2D eigenvalue weighted by Crippen LogP contribution is 2.09. The Bertz CT molecular complexity index is 459. The van der Waals surface area contributed by atoms with E-state index in [9.17, 15) is 0 Å². The van der Waals surface area contributed by atoms with E-state index in [0.717, 1.165) is 38.2 Å². The third kappa shape index (κ3) is 4.78. The van der Waals surface area contributed by atoms with Gasteiger partial charge in [-0.3, -0.25) is 4.99 Å². The van der Waals surface area contributed by atoms with Gasteiger partial charge in [-0.1, -0.05) is 37.3 Å². The molecule has 0 saturated carbocycles. The molecule has 1 aromatic rings. The van der Waals surface area contributed by atoms with Crippen LogP contribution >= 0.6 is 0 Å². The minimum absolute atomic E-state index is 0.402. The van der Waals surface area contributed by atoms with Crippen molar-refractivity contribution in [1.29, 1.82) is 0 Å². The molecule has 1 saturated heterocycles. The summed E-state index contributed by atoms with van der Waals surface area (Å²) in [5.74, 6) is 1.52. The van der Waals surface area contributed by atoms with Gasteiger partial charge in [-0.15, -0.1) is 0 Å². The average molecular weight is 272 g/mol. The molecular weight excluding hydrogens is 248 g/mol. The zero-order valence-electron chi connectivity index (χ0n) is 12.2. The number of piperidine rings is 1. The normalized spacial score (nSPS) is 18.2. The number of amidine groups is 2. The van der Waals surface area contributed by atoms with Crippen LogP contribution in [-0.2, 0) is 6.42 Å². The maximum atomic E-state index is 6.04. The Kier molecular flexibility index (Phi) is 5.74. The van der Waals surface area contributed by atoms with Crippen molar-refractivity contribution < 1.29 is 0 Å². The molecule has 0 spiro atoms. The summed E-state index contributed by atoms with van der Waals surface area (Å²) in [4.78, 5) is 9.25. The third-order valence-electron chi connectivity index (χ3n) is 3.46. The Morgan fingerprint density at radius 2 is 1.95 bits per heavy atom. The summed E-state index contributed by atoms with van der Waals surface area (Å²) in [7, 11) is 0. The van der Waals surface area contributed by atoms with Gasteiger partial charge in [-0.2, -0.15) is 0 Å². The van der Waals surface area contributed by atoms with E-state index in [1.54, 1.807) is 0 Å². The predicted molar refractivity (Wildman–Crippen MR) is 85.4 cm³/mol. The Morgan fingerprint density at radius 3 is 2.60 bits per heavy atom. The van der Waals surface area contributed by atoms with E-state index in [-0.39, 0.29) is 0 Å². The molecule has 0 aliphatic carbocycles. The second kappa shape index (κ2) is 7.80. The molecule has 4 nitrogen and oxygen atoms in total. The van der Waals surface area contributed by atoms with Crippen LogP contribution in [0.25, 0.3) is 0 Å². The van der Waals surface area contributed by atoms with Crippen molar-refractivity contribution in [2.24, 2.45) is 15.7 Å². The first kappa shape index (κ1) is 14.7. The highest BCUT2D eigenvalue weighted by Gasteiger charge is 2.12.